The number of rotatable bonds is 4. The normalized spacial score (nSPS) is 30.6. The molecular formula is C12H24O2. The number of hydrogen-bond donors (Lipinski definition) is 2. The van der Waals surface area contributed by atoms with Gasteiger partial charge in [0.25, 0.3) is 0 Å². The zero-order valence-electron chi connectivity index (χ0n) is 9.45. The van der Waals surface area contributed by atoms with Crippen molar-refractivity contribution < 1.29 is 10.2 Å². The van der Waals surface area contributed by atoms with Gasteiger partial charge in [-0.15, -0.1) is 0 Å². The Labute approximate surface area is 87.3 Å². The third-order valence-electron chi connectivity index (χ3n) is 3.75. The highest BCUT2D eigenvalue weighted by Gasteiger charge is 2.32. The molecule has 0 heterocycles. The first-order chi connectivity index (χ1) is 6.70. The minimum absolute atomic E-state index is 0.133. The van der Waals surface area contributed by atoms with Gasteiger partial charge < -0.3 is 10.2 Å². The van der Waals surface area contributed by atoms with Gasteiger partial charge in [0.2, 0.25) is 0 Å². The Morgan fingerprint density at radius 1 is 1.14 bits per heavy atom. The molecule has 1 aliphatic carbocycles. The first-order valence-corrected chi connectivity index (χ1v) is 6.06. The smallest absolute Gasteiger partial charge is 0.0620 e. The summed E-state index contributed by atoms with van der Waals surface area (Å²) in [4.78, 5) is 0. The van der Waals surface area contributed by atoms with Gasteiger partial charge in [-0.2, -0.15) is 0 Å². The average Bonchev–Trinajstić information content (AvgIpc) is 2.20. The highest BCUT2D eigenvalue weighted by atomic mass is 16.3. The molecule has 84 valence electrons. The van der Waals surface area contributed by atoms with Crippen LogP contribution in [0.3, 0.4) is 0 Å². The van der Waals surface area contributed by atoms with E-state index in [-0.39, 0.29) is 18.1 Å². The highest BCUT2D eigenvalue weighted by Crippen LogP contribution is 2.31. The van der Waals surface area contributed by atoms with Gasteiger partial charge >= 0.3 is 0 Å². The molecule has 1 saturated carbocycles. The van der Waals surface area contributed by atoms with Crippen LogP contribution in [0.2, 0.25) is 0 Å². The molecule has 0 bridgehead atoms. The van der Waals surface area contributed by atoms with Crippen molar-refractivity contribution in [1.29, 1.82) is 0 Å². The van der Waals surface area contributed by atoms with Crippen LogP contribution in [-0.4, -0.2) is 22.4 Å². The summed E-state index contributed by atoms with van der Waals surface area (Å²) < 4.78 is 0. The Kier molecular flexibility index (Phi) is 4.90. The fraction of sp³-hybridized carbons (Fsp3) is 1.00. The van der Waals surface area contributed by atoms with E-state index in [4.69, 9.17) is 0 Å². The lowest BCUT2D eigenvalue weighted by atomic mass is 9.77. The fourth-order valence-corrected chi connectivity index (χ4v) is 2.66. The van der Waals surface area contributed by atoms with E-state index in [0.717, 1.165) is 32.1 Å². The molecule has 2 heteroatoms. The second-order valence-electron chi connectivity index (χ2n) is 4.58. The minimum atomic E-state index is -0.291. The molecule has 0 spiro atoms. The van der Waals surface area contributed by atoms with Crippen LogP contribution in [0.4, 0.5) is 0 Å². The molecule has 14 heavy (non-hydrogen) atoms. The Balaban J connectivity index is 2.52. The van der Waals surface area contributed by atoms with Crippen molar-refractivity contribution in [3.05, 3.63) is 0 Å². The largest absolute Gasteiger partial charge is 0.393 e. The molecule has 0 saturated heterocycles. The van der Waals surface area contributed by atoms with Gasteiger partial charge in [-0.3, -0.25) is 0 Å². The predicted octanol–water partition coefficient (Wildman–Crippen LogP) is 2.33. The molecule has 0 amide bonds. The highest BCUT2D eigenvalue weighted by molar-refractivity contribution is 4.83. The van der Waals surface area contributed by atoms with Crippen LogP contribution in [0.25, 0.3) is 0 Å². The standard InChI is InChI=1S/C12H24O2/c1-3-9(4-2)12(14)10-7-5-6-8-11(10)13/h9-14H,3-8H2,1-2H3/t10-,11+,12+/m1/s1. The van der Waals surface area contributed by atoms with Crippen molar-refractivity contribution >= 4 is 0 Å². The van der Waals surface area contributed by atoms with Crippen LogP contribution in [0, 0.1) is 11.8 Å². The third-order valence-corrected chi connectivity index (χ3v) is 3.75. The van der Waals surface area contributed by atoms with Crippen molar-refractivity contribution in [3.63, 3.8) is 0 Å². The zero-order chi connectivity index (χ0) is 10.6. The van der Waals surface area contributed by atoms with Crippen LogP contribution in [0.15, 0.2) is 0 Å². The summed E-state index contributed by atoms with van der Waals surface area (Å²) in [6.45, 7) is 4.24. The van der Waals surface area contributed by atoms with Crippen LogP contribution < -0.4 is 0 Å². The van der Waals surface area contributed by atoms with Crippen molar-refractivity contribution in [1.82, 2.24) is 0 Å². The lowest BCUT2D eigenvalue weighted by Crippen LogP contribution is -2.38. The summed E-state index contributed by atoms with van der Waals surface area (Å²) in [7, 11) is 0. The first kappa shape index (κ1) is 12.0. The molecule has 1 rings (SSSR count). The van der Waals surface area contributed by atoms with E-state index in [1.54, 1.807) is 0 Å². The fourth-order valence-electron chi connectivity index (χ4n) is 2.66. The van der Waals surface area contributed by atoms with Crippen LogP contribution in [0.1, 0.15) is 52.4 Å². The lowest BCUT2D eigenvalue weighted by molar-refractivity contribution is -0.0404. The van der Waals surface area contributed by atoms with E-state index in [0.29, 0.717) is 5.92 Å². The van der Waals surface area contributed by atoms with Crippen LogP contribution in [-0.2, 0) is 0 Å². The van der Waals surface area contributed by atoms with Crippen molar-refractivity contribution in [2.24, 2.45) is 11.8 Å². The molecule has 1 fully saturated rings. The van der Waals surface area contributed by atoms with Gasteiger partial charge in [-0.25, -0.2) is 0 Å². The molecule has 0 radical (unpaired) electrons. The van der Waals surface area contributed by atoms with Gasteiger partial charge in [0.1, 0.15) is 0 Å². The lowest BCUT2D eigenvalue weighted by Gasteiger charge is -2.35. The van der Waals surface area contributed by atoms with Crippen LogP contribution >= 0.6 is 0 Å². The van der Waals surface area contributed by atoms with Crippen LogP contribution in [0.5, 0.6) is 0 Å². The Morgan fingerprint density at radius 2 is 1.71 bits per heavy atom. The van der Waals surface area contributed by atoms with E-state index >= 15 is 0 Å². The molecule has 0 unspecified atom stereocenters. The second-order valence-corrected chi connectivity index (χ2v) is 4.58. The number of hydrogen-bond acceptors (Lipinski definition) is 2. The summed E-state index contributed by atoms with van der Waals surface area (Å²) in [6, 6.07) is 0. The first-order valence-electron chi connectivity index (χ1n) is 6.06. The van der Waals surface area contributed by atoms with E-state index in [1.165, 1.54) is 6.42 Å². The topological polar surface area (TPSA) is 40.5 Å². The van der Waals surface area contributed by atoms with E-state index in [9.17, 15) is 10.2 Å². The Hall–Kier alpha value is -0.0800. The molecule has 0 aromatic heterocycles. The number of aliphatic hydroxyl groups excluding tert-OH is 2. The quantitative estimate of drug-likeness (QED) is 0.731. The van der Waals surface area contributed by atoms with Gasteiger partial charge in [-0.05, 0) is 18.8 Å². The minimum Gasteiger partial charge on any atom is -0.393 e. The Bertz CT molecular complexity index is 154. The Morgan fingerprint density at radius 3 is 2.21 bits per heavy atom. The van der Waals surface area contributed by atoms with Crippen molar-refractivity contribution in [2.45, 2.75) is 64.6 Å². The maximum atomic E-state index is 10.1. The molecule has 2 nitrogen and oxygen atoms in total. The summed E-state index contributed by atoms with van der Waals surface area (Å²) in [5, 5.41) is 20.0. The van der Waals surface area contributed by atoms with Crippen molar-refractivity contribution in [2.75, 3.05) is 0 Å². The van der Waals surface area contributed by atoms with Gasteiger partial charge in [0.15, 0.2) is 0 Å². The molecule has 0 aliphatic heterocycles. The second kappa shape index (κ2) is 5.72. The third kappa shape index (κ3) is 2.71. The predicted molar refractivity (Wildman–Crippen MR) is 58.0 cm³/mol. The van der Waals surface area contributed by atoms with E-state index in [1.807, 2.05) is 0 Å². The molecule has 0 aromatic rings. The number of aliphatic hydroxyl groups is 2. The van der Waals surface area contributed by atoms with E-state index < -0.39 is 0 Å². The monoisotopic (exact) mass is 200 g/mol. The zero-order valence-corrected chi connectivity index (χ0v) is 9.45. The van der Waals surface area contributed by atoms with Crippen molar-refractivity contribution in [3.8, 4) is 0 Å². The molecule has 3 atom stereocenters. The maximum Gasteiger partial charge on any atom is 0.0620 e. The molecule has 2 N–H and O–H groups in total. The molecule has 0 aromatic carbocycles. The van der Waals surface area contributed by atoms with Gasteiger partial charge in [0.05, 0.1) is 12.2 Å². The van der Waals surface area contributed by atoms with Gasteiger partial charge in [0, 0.05) is 5.92 Å². The molecule has 1 aliphatic rings. The average molecular weight is 200 g/mol. The maximum absolute atomic E-state index is 10.1. The summed E-state index contributed by atoms with van der Waals surface area (Å²) in [5.74, 6) is 0.501. The summed E-state index contributed by atoms with van der Waals surface area (Å²) >= 11 is 0. The van der Waals surface area contributed by atoms with E-state index in [2.05, 4.69) is 13.8 Å². The SMILES string of the molecule is CCC(CC)[C@H](O)[C@@H]1CCCC[C@@H]1O. The molecular weight excluding hydrogens is 176 g/mol. The van der Waals surface area contributed by atoms with Gasteiger partial charge in [-0.1, -0.05) is 39.5 Å². The summed E-state index contributed by atoms with van der Waals surface area (Å²) in [6.07, 6.45) is 5.63. The summed E-state index contributed by atoms with van der Waals surface area (Å²) in [5.41, 5.74) is 0.